The van der Waals surface area contributed by atoms with E-state index in [4.69, 9.17) is 14.6 Å². The maximum atomic E-state index is 12.6. The lowest BCUT2D eigenvalue weighted by atomic mass is 10.1. The molecule has 0 aliphatic carbocycles. The minimum atomic E-state index is -3.48. The first-order valence-corrected chi connectivity index (χ1v) is 9.58. The predicted molar refractivity (Wildman–Crippen MR) is 91.5 cm³/mol. The van der Waals surface area contributed by atoms with Crippen molar-refractivity contribution in [2.45, 2.75) is 12.1 Å². The van der Waals surface area contributed by atoms with Crippen LogP contribution in [0, 0.1) is 0 Å². The molecule has 144 valence electrons. The van der Waals surface area contributed by atoms with Crippen LogP contribution in [0.3, 0.4) is 0 Å². The van der Waals surface area contributed by atoms with E-state index in [2.05, 4.69) is 0 Å². The number of carboxylic acid groups (broad SMARTS) is 1. The number of nitrogens with zero attached hydrogens (tertiary/aromatic N) is 1. The number of hydrogen-bond donors (Lipinski definition) is 2. The summed E-state index contributed by atoms with van der Waals surface area (Å²) in [5.41, 5.74) is 0.258. The third kappa shape index (κ3) is 4.71. The third-order valence-electron chi connectivity index (χ3n) is 4.15. The number of aliphatic hydroxyl groups excluding tert-OH is 1. The van der Waals surface area contributed by atoms with Crippen molar-refractivity contribution in [2.24, 2.45) is 0 Å². The molecule has 26 heavy (non-hydrogen) atoms. The van der Waals surface area contributed by atoms with E-state index in [1.807, 2.05) is 0 Å². The molecule has 0 bridgehead atoms. The Morgan fingerprint density at radius 1 is 1.15 bits per heavy atom. The molecule has 0 saturated carbocycles. The SMILES string of the molecule is COc1ccc(C(=O)CN(CC(=O)O)[C@@H]2CS(=O)(=O)C[C@@H]2O)cc1OC. The van der Waals surface area contributed by atoms with E-state index in [-0.39, 0.29) is 17.9 Å². The zero-order valence-corrected chi connectivity index (χ0v) is 15.2. The summed E-state index contributed by atoms with van der Waals surface area (Å²) in [6, 6.07) is 3.56. The van der Waals surface area contributed by atoms with Crippen LogP contribution in [0.15, 0.2) is 18.2 Å². The van der Waals surface area contributed by atoms with E-state index in [9.17, 15) is 23.1 Å². The molecule has 0 unspecified atom stereocenters. The largest absolute Gasteiger partial charge is 0.493 e. The second-order valence-corrected chi connectivity index (χ2v) is 8.16. The van der Waals surface area contributed by atoms with Crippen molar-refractivity contribution in [3.63, 3.8) is 0 Å². The lowest BCUT2D eigenvalue weighted by molar-refractivity contribution is -0.139. The number of carboxylic acids is 1. The van der Waals surface area contributed by atoms with Crippen LogP contribution in [-0.4, -0.2) is 86.2 Å². The molecule has 2 rings (SSSR count). The molecule has 1 aliphatic rings. The fourth-order valence-corrected chi connectivity index (χ4v) is 4.74. The van der Waals surface area contributed by atoms with Gasteiger partial charge in [0.25, 0.3) is 0 Å². The molecule has 2 atom stereocenters. The highest BCUT2D eigenvalue weighted by Gasteiger charge is 2.41. The zero-order chi connectivity index (χ0) is 19.5. The molecule has 0 aromatic heterocycles. The lowest BCUT2D eigenvalue weighted by Gasteiger charge is -2.27. The lowest BCUT2D eigenvalue weighted by Crippen LogP contribution is -2.47. The Kier molecular flexibility index (Phi) is 6.21. The van der Waals surface area contributed by atoms with Crippen molar-refractivity contribution in [2.75, 3.05) is 38.8 Å². The summed E-state index contributed by atoms with van der Waals surface area (Å²) in [5.74, 6) is -1.71. The van der Waals surface area contributed by atoms with Crippen LogP contribution < -0.4 is 9.47 Å². The number of sulfone groups is 1. The molecule has 1 aromatic carbocycles. The van der Waals surface area contributed by atoms with Gasteiger partial charge in [0, 0.05) is 5.56 Å². The first-order chi connectivity index (χ1) is 12.2. The van der Waals surface area contributed by atoms with E-state index in [1.165, 1.54) is 31.3 Å². The van der Waals surface area contributed by atoms with Gasteiger partial charge in [0.2, 0.25) is 0 Å². The minimum Gasteiger partial charge on any atom is -0.493 e. The Labute approximate surface area is 151 Å². The molecular weight excluding hydrogens is 366 g/mol. The fraction of sp³-hybridized carbons (Fsp3) is 0.500. The second kappa shape index (κ2) is 8.02. The van der Waals surface area contributed by atoms with Gasteiger partial charge in [0.1, 0.15) is 0 Å². The number of aliphatic hydroxyl groups is 1. The summed E-state index contributed by atoms with van der Waals surface area (Å²) in [6.07, 6.45) is -1.24. The molecule has 1 saturated heterocycles. The Hall–Kier alpha value is -2.17. The van der Waals surface area contributed by atoms with Gasteiger partial charge in [-0.15, -0.1) is 0 Å². The minimum absolute atomic E-state index is 0.258. The van der Waals surface area contributed by atoms with Gasteiger partial charge in [0.15, 0.2) is 27.1 Å². The summed E-state index contributed by atoms with van der Waals surface area (Å²) in [4.78, 5) is 24.9. The Bertz CT molecular complexity index is 791. The summed E-state index contributed by atoms with van der Waals surface area (Å²) >= 11 is 0. The highest BCUT2D eigenvalue weighted by Crippen LogP contribution is 2.28. The molecule has 0 radical (unpaired) electrons. The molecule has 9 nitrogen and oxygen atoms in total. The van der Waals surface area contributed by atoms with Crippen LogP contribution in [0.2, 0.25) is 0 Å². The summed E-state index contributed by atoms with van der Waals surface area (Å²) < 4.78 is 33.6. The van der Waals surface area contributed by atoms with Crippen LogP contribution >= 0.6 is 0 Å². The number of Topliss-reactive ketones (excluding diaryl/α,β-unsaturated/α-hetero) is 1. The Balaban J connectivity index is 2.23. The van der Waals surface area contributed by atoms with Gasteiger partial charge >= 0.3 is 5.97 Å². The van der Waals surface area contributed by atoms with Gasteiger partial charge < -0.3 is 19.7 Å². The predicted octanol–water partition coefficient (Wildman–Crippen LogP) is -0.569. The van der Waals surface area contributed by atoms with Crippen LogP contribution in [0.5, 0.6) is 11.5 Å². The molecule has 0 spiro atoms. The Morgan fingerprint density at radius 2 is 1.81 bits per heavy atom. The first-order valence-electron chi connectivity index (χ1n) is 7.76. The van der Waals surface area contributed by atoms with E-state index in [1.54, 1.807) is 6.07 Å². The summed E-state index contributed by atoms with van der Waals surface area (Å²) in [6.45, 7) is -0.907. The van der Waals surface area contributed by atoms with Crippen molar-refractivity contribution in [1.29, 1.82) is 0 Å². The first kappa shape index (κ1) is 20.1. The number of carbonyl (C=O) groups is 2. The van der Waals surface area contributed by atoms with Crippen molar-refractivity contribution in [3.05, 3.63) is 23.8 Å². The van der Waals surface area contributed by atoms with Crippen LogP contribution in [0.25, 0.3) is 0 Å². The molecule has 1 heterocycles. The molecule has 10 heteroatoms. The van der Waals surface area contributed by atoms with Crippen LogP contribution in [0.4, 0.5) is 0 Å². The zero-order valence-electron chi connectivity index (χ0n) is 14.4. The molecule has 1 aliphatic heterocycles. The monoisotopic (exact) mass is 387 g/mol. The number of benzene rings is 1. The second-order valence-electron chi connectivity index (χ2n) is 6.00. The topological polar surface area (TPSA) is 130 Å². The van der Waals surface area contributed by atoms with Gasteiger partial charge in [0.05, 0.1) is 51.0 Å². The molecule has 0 amide bonds. The average molecular weight is 387 g/mol. The fourth-order valence-electron chi connectivity index (χ4n) is 2.91. The molecule has 1 aromatic rings. The molecular formula is C16H21NO8S. The number of carbonyl (C=O) groups excluding carboxylic acids is 1. The summed E-state index contributed by atoms with van der Waals surface area (Å²) in [5, 5.41) is 19.1. The van der Waals surface area contributed by atoms with E-state index in [0.717, 1.165) is 0 Å². The van der Waals surface area contributed by atoms with Crippen LogP contribution in [0.1, 0.15) is 10.4 Å². The van der Waals surface area contributed by atoms with Crippen molar-refractivity contribution in [3.8, 4) is 11.5 Å². The number of aliphatic carboxylic acids is 1. The molecule has 2 N–H and O–H groups in total. The number of hydrogen-bond acceptors (Lipinski definition) is 8. The third-order valence-corrected chi connectivity index (χ3v) is 5.85. The average Bonchev–Trinajstić information content (AvgIpc) is 2.85. The van der Waals surface area contributed by atoms with Crippen molar-refractivity contribution >= 4 is 21.6 Å². The van der Waals surface area contributed by atoms with Gasteiger partial charge in [-0.2, -0.15) is 0 Å². The summed E-state index contributed by atoms with van der Waals surface area (Å²) in [7, 11) is -0.605. The number of ketones is 1. The normalized spacial score (nSPS) is 21.5. The number of rotatable bonds is 8. The van der Waals surface area contributed by atoms with Crippen LogP contribution in [-0.2, 0) is 14.6 Å². The smallest absolute Gasteiger partial charge is 0.317 e. The van der Waals surface area contributed by atoms with E-state index < -0.39 is 46.0 Å². The van der Waals surface area contributed by atoms with Crippen molar-refractivity contribution in [1.82, 2.24) is 4.90 Å². The van der Waals surface area contributed by atoms with Gasteiger partial charge in [-0.05, 0) is 18.2 Å². The maximum Gasteiger partial charge on any atom is 0.317 e. The Morgan fingerprint density at radius 3 is 2.31 bits per heavy atom. The quantitative estimate of drug-likeness (QED) is 0.563. The van der Waals surface area contributed by atoms with Gasteiger partial charge in [-0.25, -0.2) is 8.42 Å². The number of ether oxygens (including phenoxy) is 2. The highest BCUT2D eigenvalue weighted by atomic mass is 32.2. The van der Waals surface area contributed by atoms with E-state index >= 15 is 0 Å². The number of methoxy groups -OCH3 is 2. The highest BCUT2D eigenvalue weighted by molar-refractivity contribution is 7.91. The molecule has 1 fully saturated rings. The van der Waals surface area contributed by atoms with Gasteiger partial charge in [-0.3, -0.25) is 14.5 Å². The van der Waals surface area contributed by atoms with Crippen molar-refractivity contribution < 1.29 is 37.7 Å². The van der Waals surface area contributed by atoms with Gasteiger partial charge in [-0.1, -0.05) is 0 Å². The maximum absolute atomic E-state index is 12.6. The standard InChI is InChI=1S/C16H21NO8S/c1-24-14-4-3-10(5-15(14)25-2)12(18)6-17(7-16(20)21)11-8-26(22,23)9-13(11)19/h3-5,11,13,19H,6-9H2,1-2H3,(H,20,21)/t11-,13+/m1/s1. The van der Waals surface area contributed by atoms with E-state index in [0.29, 0.717) is 11.5 Å².